The molecule has 0 aliphatic rings. The fraction of sp³-hybridized carbons (Fsp3) is 0.300. The summed E-state index contributed by atoms with van der Waals surface area (Å²) in [7, 11) is 1.82. The Labute approximate surface area is 188 Å². The lowest BCUT2D eigenvalue weighted by atomic mass is 10.2. The Hall–Kier alpha value is -3.52. The highest BCUT2D eigenvalue weighted by atomic mass is 19.2. The van der Waals surface area contributed by atoms with Crippen molar-refractivity contribution in [3.05, 3.63) is 58.2 Å². The van der Waals surface area contributed by atoms with Crippen LogP contribution in [0.5, 0.6) is 11.5 Å². The summed E-state index contributed by atoms with van der Waals surface area (Å²) < 4.78 is 85.4. The van der Waals surface area contributed by atoms with Gasteiger partial charge < -0.3 is 29.9 Å². The Bertz CT molecular complexity index is 938. The number of carboxylic acids is 2. The summed E-state index contributed by atoms with van der Waals surface area (Å²) in [6, 6.07) is 0.519. The van der Waals surface area contributed by atoms with E-state index in [1.807, 2.05) is 0 Å². The summed E-state index contributed by atoms with van der Waals surface area (Å²) in [6.45, 7) is 1.73. The number of carbonyl (C=O) groups is 2. The van der Waals surface area contributed by atoms with Crippen molar-refractivity contribution in [2.45, 2.75) is 19.4 Å². The van der Waals surface area contributed by atoms with Crippen LogP contribution in [0.2, 0.25) is 0 Å². The third kappa shape index (κ3) is 8.12. The van der Waals surface area contributed by atoms with E-state index in [9.17, 15) is 35.9 Å². The smallest absolute Gasteiger partial charge is 0.338 e. The largest absolute Gasteiger partial charge is 0.491 e. The zero-order valence-corrected chi connectivity index (χ0v) is 17.8. The van der Waals surface area contributed by atoms with Crippen LogP contribution in [0, 0.1) is 34.9 Å². The summed E-state index contributed by atoms with van der Waals surface area (Å²) in [6.07, 6.45) is 0.134. The van der Waals surface area contributed by atoms with E-state index in [0.29, 0.717) is 6.42 Å². The van der Waals surface area contributed by atoms with Crippen molar-refractivity contribution < 1.29 is 65.8 Å². The number of methoxy groups -OCH3 is 2. The highest BCUT2D eigenvalue weighted by Gasteiger charge is 2.24. The zero-order valence-electron chi connectivity index (χ0n) is 17.8. The molecule has 0 radical (unpaired) electrons. The second kappa shape index (κ2) is 13.9. The lowest BCUT2D eigenvalue weighted by molar-refractivity contribution is 0.0679. The minimum Gasteiger partial charge on any atom is -0.491 e. The van der Waals surface area contributed by atoms with E-state index in [1.54, 1.807) is 6.92 Å². The average Bonchev–Trinajstić information content (AvgIpc) is 2.74. The minimum absolute atomic E-state index is 0.0810. The summed E-state index contributed by atoms with van der Waals surface area (Å²) >= 11 is 0. The number of hydrogen-bond acceptors (Lipinski definition) is 6. The van der Waals surface area contributed by atoms with Crippen LogP contribution < -0.4 is 9.47 Å². The van der Waals surface area contributed by atoms with Crippen molar-refractivity contribution in [2.24, 2.45) is 0 Å². The van der Waals surface area contributed by atoms with Crippen LogP contribution in [-0.2, 0) is 0 Å². The van der Waals surface area contributed by atoms with E-state index < -0.39 is 69.5 Å². The lowest BCUT2D eigenvalue weighted by Gasteiger charge is -2.06. The maximum atomic E-state index is 13.1. The molecule has 0 bridgehead atoms. The third-order valence-electron chi connectivity index (χ3n) is 3.65. The van der Waals surface area contributed by atoms with Gasteiger partial charge in [0, 0.05) is 6.61 Å². The molecule has 0 aliphatic carbocycles. The molecule has 0 amide bonds. The number of aliphatic hydroxyl groups excluding tert-OH is 2. The molecule has 0 saturated carbocycles. The van der Waals surface area contributed by atoms with E-state index in [1.165, 1.54) is 0 Å². The van der Waals surface area contributed by atoms with Crippen LogP contribution in [0.3, 0.4) is 0 Å². The van der Waals surface area contributed by atoms with Gasteiger partial charge in [0.15, 0.2) is 34.8 Å². The summed E-state index contributed by atoms with van der Waals surface area (Å²) in [5.41, 5.74) is -1.94. The maximum Gasteiger partial charge on any atom is 0.338 e. The molecule has 190 valence electrons. The number of rotatable bonds is 6. The van der Waals surface area contributed by atoms with Gasteiger partial charge in [-0.2, -0.15) is 8.78 Å². The molecule has 0 fully saturated rings. The Morgan fingerprint density at radius 2 is 1.12 bits per heavy atom. The zero-order chi connectivity index (χ0) is 26.7. The summed E-state index contributed by atoms with van der Waals surface area (Å²) in [4.78, 5) is 20.7. The van der Waals surface area contributed by atoms with Gasteiger partial charge in [0.2, 0.25) is 11.6 Å². The monoisotopic (exact) mass is 502 g/mol. The Morgan fingerprint density at radius 1 is 0.794 bits per heavy atom. The van der Waals surface area contributed by atoms with Gasteiger partial charge in [-0.05, 0) is 25.5 Å². The van der Waals surface area contributed by atoms with Gasteiger partial charge in [0.25, 0.3) is 0 Å². The summed E-state index contributed by atoms with van der Waals surface area (Å²) in [5.74, 6) is -14.4. The molecule has 0 spiro atoms. The van der Waals surface area contributed by atoms with Gasteiger partial charge >= 0.3 is 11.9 Å². The van der Waals surface area contributed by atoms with Gasteiger partial charge in [-0.1, -0.05) is 0 Å². The highest BCUT2D eigenvalue weighted by molar-refractivity contribution is 5.89. The molecular weight excluding hydrogens is 482 g/mol. The SMILES string of the molecule is CC(O)CCO.COc1c(F)c(F)cc(C(=O)O)c1F.COc1c(F)c(F)cc(C(=O)O)c1F. The van der Waals surface area contributed by atoms with Crippen LogP contribution in [-0.4, -0.2) is 59.3 Å². The predicted octanol–water partition coefficient (Wildman–Crippen LogP) is 3.37. The van der Waals surface area contributed by atoms with Gasteiger partial charge in [-0.3, -0.25) is 0 Å². The topological polar surface area (TPSA) is 134 Å². The van der Waals surface area contributed by atoms with Crippen LogP contribution in [0.4, 0.5) is 26.3 Å². The molecule has 2 aromatic rings. The molecule has 2 rings (SSSR count). The molecule has 0 aromatic heterocycles. The van der Waals surface area contributed by atoms with E-state index in [2.05, 4.69) is 9.47 Å². The van der Waals surface area contributed by atoms with E-state index in [4.69, 9.17) is 20.4 Å². The number of benzene rings is 2. The fourth-order valence-corrected chi connectivity index (χ4v) is 2.02. The number of aliphatic hydroxyl groups is 2. The second-order valence-electron chi connectivity index (χ2n) is 6.11. The first-order chi connectivity index (χ1) is 15.7. The second-order valence-corrected chi connectivity index (χ2v) is 6.11. The standard InChI is InChI=1S/2C8H5F3O3.C4H10O2/c2*1-14-7-5(10)3(8(12)13)2-4(9)6(7)11;1-4(6)2-3-5/h2*2H,1H3,(H,12,13);4-6H,2-3H2,1H3. The Kier molecular flexibility index (Phi) is 12.5. The molecule has 4 N–H and O–H groups in total. The molecule has 1 unspecified atom stereocenters. The number of aromatic carboxylic acids is 2. The Morgan fingerprint density at radius 3 is 1.29 bits per heavy atom. The molecule has 0 saturated heterocycles. The van der Waals surface area contributed by atoms with Crippen molar-refractivity contribution in [3.63, 3.8) is 0 Å². The summed E-state index contributed by atoms with van der Waals surface area (Å²) in [5, 5.41) is 33.3. The van der Waals surface area contributed by atoms with Crippen molar-refractivity contribution in [1.29, 1.82) is 0 Å². The van der Waals surface area contributed by atoms with Crippen molar-refractivity contribution >= 4 is 11.9 Å². The molecule has 8 nitrogen and oxygen atoms in total. The van der Waals surface area contributed by atoms with Crippen molar-refractivity contribution in [1.82, 2.24) is 0 Å². The van der Waals surface area contributed by atoms with Gasteiger partial charge in [0.05, 0.1) is 20.3 Å². The molecular formula is C20H20F6O8. The number of halogens is 6. The highest BCUT2D eigenvalue weighted by Crippen LogP contribution is 2.27. The maximum absolute atomic E-state index is 13.1. The molecule has 14 heteroatoms. The third-order valence-corrected chi connectivity index (χ3v) is 3.65. The van der Waals surface area contributed by atoms with Crippen LogP contribution >= 0.6 is 0 Å². The molecule has 0 heterocycles. The number of hydrogen-bond donors (Lipinski definition) is 4. The Balaban J connectivity index is 0.000000521. The van der Waals surface area contributed by atoms with Gasteiger partial charge in [-0.25, -0.2) is 27.2 Å². The van der Waals surface area contributed by atoms with Crippen LogP contribution in [0.1, 0.15) is 34.1 Å². The van der Waals surface area contributed by atoms with E-state index in [0.717, 1.165) is 14.2 Å². The quantitative estimate of drug-likeness (QED) is 0.349. The number of ether oxygens (including phenoxy) is 2. The van der Waals surface area contributed by atoms with E-state index in [-0.39, 0.29) is 24.8 Å². The first-order valence-electron chi connectivity index (χ1n) is 8.93. The predicted molar refractivity (Wildman–Crippen MR) is 103 cm³/mol. The normalized spacial score (nSPS) is 10.8. The van der Waals surface area contributed by atoms with Gasteiger partial charge in [0.1, 0.15) is 11.1 Å². The van der Waals surface area contributed by atoms with Gasteiger partial charge in [-0.15, -0.1) is 0 Å². The lowest BCUT2D eigenvalue weighted by Crippen LogP contribution is -2.06. The first kappa shape index (κ1) is 30.5. The molecule has 1 atom stereocenters. The molecule has 2 aromatic carbocycles. The minimum atomic E-state index is -1.69. The van der Waals surface area contributed by atoms with Crippen LogP contribution in [0.15, 0.2) is 12.1 Å². The van der Waals surface area contributed by atoms with Crippen molar-refractivity contribution in [3.8, 4) is 11.5 Å². The fourth-order valence-electron chi connectivity index (χ4n) is 2.02. The average molecular weight is 502 g/mol. The first-order valence-corrected chi connectivity index (χ1v) is 8.93. The molecule has 34 heavy (non-hydrogen) atoms. The van der Waals surface area contributed by atoms with Crippen LogP contribution in [0.25, 0.3) is 0 Å². The van der Waals surface area contributed by atoms with E-state index >= 15 is 0 Å². The van der Waals surface area contributed by atoms with Crippen molar-refractivity contribution in [2.75, 3.05) is 20.8 Å². The number of carboxylic acid groups (broad SMARTS) is 2. The molecule has 0 aliphatic heterocycles.